The average Bonchev–Trinajstić information content (AvgIpc) is 2.40. The Kier molecular flexibility index (Phi) is 3.88. The first-order valence-electron chi connectivity index (χ1n) is 6.32. The van der Waals surface area contributed by atoms with Crippen molar-refractivity contribution in [3.05, 3.63) is 29.3 Å². The molecule has 1 unspecified atom stereocenters. The number of nitrogens with zero attached hydrogens (tertiary/aromatic N) is 1. The van der Waals surface area contributed by atoms with Gasteiger partial charge in [-0.1, -0.05) is 17.7 Å². The van der Waals surface area contributed by atoms with Crippen molar-refractivity contribution in [1.82, 2.24) is 0 Å². The summed E-state index contributed by atoms with van der Waals surface area (Å²) in [5.74, 6) is 0.862. The highest BCUT2D eigenvalue weighted by molar-refractivity contribution is 5.38. The highest BCUT2D eigenvalue weighted by Crippen LogP contribution is 2.35. The van der Waals surface area contributed by atoms with E-state index in [4.69, 9.17) is 9.47 Å². The SMILES string of the molecule is COc1ccc(C)cc1CC1(C#N)CCCOC1. The summed E-state index contributed by atoms with van der Waals surface area (Å²) in [6.07, 6.45) is 2.57. The van der Waals surface area contributed by atoms with Gasteiger partial charge in [-0.05, 0) is 37.8 Å². The Labute approximate surface area is 108 Å². The third-order valence-electron chi connectivity index (χ3n) is 3.52. The van der Waals surface area contributed by atoms with Gasteiger partial charge in [-0.3, -0.25) is 0 Å². The van der Waals surface area contributed by atoms with Crippen LogP contribution < -0.4 is 4.74 Å². The molecule has 0 radical (unpaired) electrons. The molecule has 0 amide bonds. The van der Waals surface area contributed by atoms with Gasteiger partial charge in [0.2, 0.25) is 0 Å². The second-order valence-corrected chi connectivity index (χ2v) is 5.04. The number of aryl methyl sites for hydroxylation is 1. The number of hydrogen-bond donors (Lipinski definition) is 0. The van der Waals surface area contributed by atoms with Gasteiger partial charge in [-0.25, -0.2) is 0 Å². The van der Waals surface area contributed by atoms with Crippen LogP contribution in [0.2, 0.25) is 0 Å². The van der Waals surface area contributed by atoms with Crippen LogP contribution in [0.25, 0.3) is 0 Å². The molecule has 1 aromatic carbocycles. The molecular weight excluding hydrogens is 226 g/mol. The molecule has 0 aliphatic carbocycles. The molecule has 1 aromatic rings. The minimum Gasteiger partial charge on any atom is -0.496 e. The number of nitriles is 1. The van der Waals surface area contributed by atoms with Crippen molar-refractivity contribution in [3.63, 3.8) is 0 Å². The van der Waals surface area contributed by atoms with E-state index in [1.165, 1.54) is 5.56 Å². The first kappa shape index (κ1) is 12.9. The maximum Gasteiger partial charge on any atom is 0.122 e. The van der Waals surface area contributed by atoms with Crippen LogP contribution in [0.15, 0.2) is 18.2 Å². The Morgan fingerprint density at radius 2 is 2.33 bits per heavy atom. The van der Waals surface area contributed by atoms with E-state index >= 15 is 0 Å². The van der Waals surface area contributed by atoms with Crippen LogP contribution in [0.3, 0.4) is 0 Å². The van der Waals surface area contributed by atoms with Crippen molar-refractivity contribution in [2.45, 2.75) is 26.2 Å². The first-order valence-corrected chi connectivity index (χ1v) is 6.32. The molecule has 0 saturated carbocycles. The van der Waals surface area contributed by atoms with Crippen LogP contribution in [0.4, 0.5) is 0 Å². The predicted molar refractivity (Wildman–Crippen MR) is 69.5 cm³/mol. The van der Waals surface area contributed by atoms with Gasteiger partial charge in [0.1, 0.15) is 5.75 Å². The summed E-state index contributed by atoms with van der Waals surface area (Å²) in [7, 11) is 1.67. The summed E-state index contributed by atoms with van der Waals surface area (Å²) in [5.41, 5.74) is 1.90. The summed E-state index contributed by atoms with van der Waals surface area (Å²) in [6, 6.07) is 8.56. The van der Waals surface area contributed by atoms with Crippen LogP contribution in [0, 0.1) is 23.7 Å². The number of rotatable bonds is 3. The Bertz CT molecular complexity index is 456. The third kappa shape index (κ3) is 2.65. The van der Waals surface area contributed by atoms with Crippen molar-refractivity contribution < 1.29 is 9.47 Å². The van der Waals surface area contributed by atoms with Gasteiger partial charge in [0.05, 0.1) is 25.2 Å². The average molecular weight is 245 g/mol. The molecule has 0 aromatic heterocycles. The zero-order valence-electron chi connectivity index (χ0n) is 11.0. The van der Waals surface area contributed by atoms with Crippen LogP contribution >= 0.6 is 0 Å². The van der Waals surface area contributed by atoms with Gasteiger partial charge in [0.15, 0.2) is 0 Å². The van der Waals surface area contributed by atoms with Gasteiger partial charge in [0.25, 0.3) is 0 Å². The molecule has 3 heteroatoms. The molecular formula is C15H19NO2. The van der Waals surface area contributed by atoms with Crippen LogP contribution in [-0.4, -0.2) is 20.3 Å². The smallest absolute Gasteiger partial charge is 0.122 e. The minimum atomic E-state index is -0.390. The van der Waals surface area contributed by atoms with Crippen molar-refractivity contribution >= 4 is 0 Å². The van der Waals surface area contributed by atoms with E-state index in [0.717, 1.165) is 30.8 Å². The maximum atomic E-state index is 9.46. The molecule has 2 rings (SSSR count). The van der Waals surface area contributed by atoms with E-state index in [1.807, 2.05) is 12.1 Å². The second kappa shape index (κ2) is 5.41. The molecule has 3 nitrogen and oxygen atoms in total. The van der Waals surface area contributed by atoms with Gasteiger partial charge in [0, 0.05) is 6.61 Å². The van der Waals surface area contributed by atoms with Crippen molar-refractivity contribution in [3.8, 4) is 11.8 Å². The molecule has 18 heavy (non-hydrogen) atoms. The minimum absolute atomic E-state index is 0.390. The Morgan fingerprint density at radius 3 is 2.94 bits per heavy atom. The molecule has 1 fully saturated rings. The Morgan fingerprint density at radius 1 is 1.50 bits per heavy atom. The zero-order chi connectivity index (χ0) is 13.0. The third-order valence-corrected chi connectivity index (χ3v) is 3.52. The molecule has 1 aliphatic heterocycles. The molecule has 0 bridgehead atoms. The summed E-state index contributed by atoms with van der Waals surface area (Å²) in [6.45, 7) is 3.36. The summed E-state index contributed by atoms with van der Waals surface area (Å²) in [4.78, 5) is 0. The van der Waals surface area contributed by atoms with Gasteiger partial charge >= 0.3 is 0 Å². The molecule has 0 spiro atoms. The second-order valence-electron chi connectivity index (χ2n) is 5.04. The Balaban J connectivity index is 2.26. The van der Waals surface area contributed by atoms with E-state index in [9.17, 15) is 5.26 Å². The monoisotopic (exact) mass is 245 g/mol. The first-order chi connectivity index (χ1) is 8.69. The van der Waals surface area contributed by atoms with E-state index in [-0.39, 0.29) is 5.41 Å². The number of benzene rings is 1. The summed E-state index contributed by atoms with van der Waals surface area (Å²) >= 11 is 0. The van der Waals surface area contributed by atoms with Crippen LogP contribution in [0.1, 0.15) is 24.0 Å². The molecule has 96 valence electrons. The lowest BCUT2D eigenvalue weighted by atomic mass is 9.78. The molecule has 1 saturated heterocycles. The van der Waals surface area contributed by atoms with Crippen molar-refractivity contribution in [1.29, 1.82) is 5.26 Å². The van der Waals surface area contributed by atoms with Crippen molar-refractivity contribution in [2.75, 3.05) is 20.3 Å². The van der Waals surface area contributed by atoms with E-state index < -0.39 is 0 Å². The fraction of sp³-hybridized carbons (Fsp3) is 0.533. The molecule has 1 aliphatic rings. The van der Waals surface area contributed by atoms with E-state index in [2.05, 4.69) is 19.1 Å². The van der Waals surface area contributed by atoms with Crippen molar-refractivity contribution in [2.24, 2.45) is 5.41 Å². The zero-order valence-corrected chi connectivity index (χ0v) is 11.0. The molecule has 1 atom stereocenters. The normalized spacial score (nSPS) is 23.4. The quantitative estimate of drug-likeness (QED) is 0.822. The van der Waals surface area contributed by atoms with Gasteiger partial charge in [-0.2, -0.15) is 5.26 Å². The lowest BCUT2D eigenvalue weighted by Crippen LogP contribution is -2.32. The highest BCUT2D eigenvalue weighted by Gasteiger charge is 2.34. The standard InChI is InChI=1S/C15H19NO2/c1-12-4-5-14(17-2)13(8-12)9-15(10-16)6-3-7-18-11-15/h4-5,8H,3,6-7,9,11H2,1-2H3. The summed E-state index contributed by atoms with van der Waals surface area (Å²) in [5, 5.41) is 9.46. The maximum absolute atomic E-state index is 9.46. The van der Waals surface area contributed by atoms with E-state index in [0.29, 0.717) is 13.0 Å². The van der Waals surface area contributed by atoms with Gasteiger partial charge < -0.3 is 9.47 Å². The topological polar surface area (TPSA) is 42.2 Å². The predicted octanol–water partition coefficient (Wildman–Crippen LogP) is 2.87. The van der Waals surface area contributed by atoms with Gasteiger partial charge in [-0.15, -0.1) is 0 Å². The molecule has 0 N–H and O–H groups in total. The van der Waals surface area contributed by atoms with Crippen LogP contribution in [-0.2, 0) is 11.2 Å². The highest BCUT2D eigenvalue weighted by atomic mass is 16.5. The summed E-state index contributed by atoms with van der Waals surface area (Å²) < 4.78 is 10.9. The van der Waals surface area contributed by atoms with E-state index in [1.54, 1.807) is 7.11 Å². The number of hydrogen-bond acceptors (Lipinski definition) is 3. The number of ether oxygens (including phenoxy) is 2. The molecule has 1 heterocycles. The fourth-order valence-corrected chi connectivity index (χ4v) is 2.53. The Hall–Kier alpha value is -1.53. The lowest BCUT2D eigenvalue weighted by molar-refractivity contribution is 0.0221. The fourth-order valence-electron chi connectivity index (χ4n) is 2.53. The lowest BCUT2D eigenvalue weighted by Gasteiger charge is -2.31. The van der Waals surface area contributed by atoms with Crippen LogP contribution in [0.5, 0.6) is 5.75 Å². The largest absolute Gasteiger partial charge is 0.496 e. The number of methoxy groups -OCH3 is 1.